The number of hydrogen-bond donors (Lipinski definition) is 1. The monoisotopic (exact) mass is 227 g/mol. The summed E-state index contributed by atoms with van der Waals surface area (Å²) in [6, 6.07) is 0.205. The maximum Gasteiger partial charge on any atom is 0.0753 e. The van der Waals surface area contributed by atoms with E-state index in [-0.39, 0.29) is 6.04 Å². The Balaban J connectivity index is 1.69. The van der Waals surface area contributed by atoms with Crippen LogP contribution in [-0.4, -0.2) is 31.5 Å². The molecule has 0 aromatic rings. The standard InChI is InChI=1S/C13H25NO2/c1-2-15-13(10-5-6-10)12(14)8-7-11-4-3-9-16-11/h10-13H,2-9,14H2,1H3. The second-order valence-electron chi connectivity index (χ2n) is 5.13. The van der Waals surface area contributed by atoms with Gasteiger partial charge in [0, 0.05) is 19.3 Å². The van der Waals surface area contributed by atoms with Crippen LogP contribution in [0.3, 0.4) is 0 Å². The summed E-state index contributed by atoms with van der Waals surface area (Å²) < 4.78 is 11.4. The summed E-state index contributed by atoms with van der Waals surface area (Å²) in [7, 11) is 0. The normalized spacial score (nSPS) is 29.2. The molecule has 2 rings (SSSR count). The molecule has 1 heterocycles. The van der Waals surface area contributed by atoms with E-state index in [9.17, 15) is 0 Å². The first-order valence-electron chi connectivity index (χ1n) is 6.80. The van der Waals surface area contributed by atoms with Crippen molar-refractivity contribution < 1.29 is 9.47 Å². The zero-order valence-electron chi connectivity index (χ0n) is 10.4. The lowest BCUT2D eigenvalue weighted by molar-refractivity contribution is 0.0213. The Morgan fingerprint density at radius 2 is 2.19 bits per heavy atom. The van der Waals surface area contributed by atoms with Crippen LogP contribution in [0.15, 0.2) is 0 Å². The molecule has 0 aromatic carbocycles. The van der Waals surface area contributed by atoms with Crippen molar-refractivity contribution in [2.24, 2.45) is 11.7 Å². The minimum atomic E-state index is 0.205. The van der Waals surface area contributed by atoms with Crippen LogP contribution in [0.25, 0.3) is 0 Å². The quantitative estimate of drug-likeness (QED) is 0.724. The van der Waals surface area contributed by atoms with Gasteiger partial charge in [-0.3, -0.25) is 0 Å². The molecule has 16 heavy (non-hydrogen) atoms. The molecule has 3 heteroatoms. The zero-order chi connectivity index (χ0) is 11.4. The largest absolute Gasteiger partial charge is 0.378 e. The molecule has 2 N–H and O–H groups in total. The van der Waals surface area contributed by atoms with E-state index in [0.29, 0.717) is 12.2 Å². The molecule has 0 aromatic heterocycles. The van der Waals surface area contributed by atoms with E-state index in [1.54, 1.807) is 0 Å². The van der Waals surface area contributed by atoms with Crippen LogP contribution in [0.4, 0.5) is 0 Å². The van der Waals surface area contributed by atoms with Gasteiger partial charge in [-0.15, -0.1) is 0 Å². The second-order valence-corrected chi connectivity index (χ2v) is 5.13. The third-order valence-electron chi connectivity index (χ3n) is 3.71. The van der Waals surface area contributed by atoms with E-state index < -0.39 is 0 Å². The van der Waals surface area contributed by atoms with Crippen LogP contribution in [0.5, 0.6) is 0 Å². The van der Waals surface area contributed by atoms with Crippen molar-refractivity contribution >= 4 is 0 Å². The molecular formula is C13H25NO2. The molecule has 2 aliphatic rings. The van der Waals surface area contributed by atoms with Gasteiger partial charge in [0.2, 0.25) is 0 Å². The Morgan fingerprint density at radius 3 is 2.75 bits per heavy atom. The third kappa shape index (κ3) is 3.44. The highest BCUT2D eigenvalue weighted by molar-refractivity contribution is 4.89. The van der Waals surface area contributed by atoms with Crippen molar-refractivity contribution in [3.8, 4) is 0 Å². The lowest BCUT2D eigenvalue weighted by Gasteiger charge is -2.24. The Hall–Kier alpha value is -0.120. The predicted octanol–water partition coefficient (Wildman–Crippen LogP) is 2.09. The topological polar surface area (TPSA) is 44.5 Å². The van der Waals surface area contributed by atoms with E-state index >= 15 is 0 Å². The van der Waals surface area contributed by atoms with Crippen LogP contribution in [-0.2, 0) is 9.47 Å². The predicted molar refractivity (Wildman–Crippen MR) is 64.3 cm³/mol. The molecule has 2 fully saturated rings. The summed E-state index contributed by atoms with van der Waals surface area (Å²) in [4.78, 5) is 0. The Kier molecular flexibility index (Phi) is 4.62. The SMILES string of the molecule is CCOC(C(N)CCC1CCCO1)C1CC1. The van der Waals surface area contributed by atoms with Crippen molar-refractivity contribution in [3.63, 3.8) is 0 Å². The molecule has 1 saturated carbocycles. The fourth-order valence-corrected chi connectivity index (χ4v) is 2.64. The fraction of sp³-hybridized carbons (Fsp3) is 1.00. The van der Waals surface area contributed by atoms with Crippen molar-refractivity contribution in [3.05, 3.63) is 0 Å². The van der Waals surface area contributed by atoms with Gasteiger partial charge in [-0.05, 0) is 51.4 Å². The van der Waals surface area contributed by atoms with Crippen LogP contribution in [0.1, 0.15) is 45.4 Å². The lowest BCUT2D eigenvalue weighted by atomic mass is 9.99. The molecule has 0 bridgehead atoms. The molecule has 0 radical (unpaired) electrons. The van der Waals surface area contributed by atoms with Gasteiger partial charge in [-0.1, -0.05) is 0 Å². The summed E-state index contributed by atoms with van der Waals surface area (Å²) >= 11 is 0. The highest BCUT2D eigenvalue weighted by atomic mass is 16.5. The minimum Gasteiger partial charge on any atom is -0.378 e. The van der Waals surface area contributed by atoms with E-state index in [1.165, 1.54) is 25.7 Å². The highest BCUT2D eigenvalue weighted by Gasteiger charge is 2.35. The van der Waals surface area contributed by atoms with E-state index in [1.807, 2.05) is 0 Å². The van der Waals surface area contributed by atoms with Gasteiger partial charge in [0.15, 0.2) is 0 Å². The molecule has 1 saturated heterocycles. The maximum absolute atomic E-state index is 6.24. The highest BCUT2D eigenvalue weighted by Crippen LogP contribution is 2.36. The minimum absolute atomic E-state index is 0.205. The van der Waals surface area contributed by atoms with Gasteiger partial charge in [0.25, 0.3) is 0 Å². The molecule has 3 unspecified atom stereocenters. The van der Waals surface area contributed by atoms with E-state index in [0.717, 1.165) is 32.0 Å². The molecular weight excluding hydrogens is 202 g/mol. The molecule has 3 nitrogen and oxygen atoms in total. The number of rotatable bonds is 7. The summed E-state index contributed by atoms with van der Waals surface area (Å²) in [5.41, 5.74) is 6.24. The molecule has 0 spiro atoms. The average Bonchev–Trinajstić information content (AvgIpc) is 2.99. The van der Waals surface area contributed by atoms with Crippen LogP contribution in [0, 0.1) is 5.92 Å². The number of hydrogen-bond acceptors (Lipinski definition) is 3. The van der Waals surface area contributed by atoms with Crippen molar-refractivity contribution in [1.29, 1.82) is 0 Å². The van der Waals surface area contributed by atoms with Gasteiger partial charge in [0.05, 0.1) is 12.2 Å². The zero-order valence-corrected chi connectivity index (χ0v) is 10.4. The Bertz CT molecular complexity index is 200. The molecule has 1 aliphatic heterocycles. The first-order valence-corrected chi connectivity index (χ1v) is 6.80. The van der Waals surface area contributed by atoms with Crippen LogP contribution < -0.4 is 5.73 Å². The third-order valence-corrected chi connectivity index (χ3v) is 3.71. The van der Waals surface area contributed by atoms with E-state index in [4.69, 9.17) is 15.2 Å². The smallest absolute Gasteiger partial charge is 0.0753 e. The Labute approximate surface area is 98.7 Å². The van der Waals surface area contributed by atoms with E-state index in [2.05, 4.69) is 6.92 Å². The first kappa shape index (κ1) is 12.3. The number of nitrogens with two attached hydrogens (primary N) is 1. The molecule has 3 atom stereocenters. The second kappa shape index (κ2) is 5.99. The van der Waals surface area contributed by atoms with Crippen molar-refractivity contribution in [2.75, 3.05) is 13.2 Å². The average molecular weight is 227 g/mol. The van der Waals surface area contributed by atoms with Gasteiger partial charge >= 0.3 is 0 Å². The van der Waals surface area contributed by atoms with Gasteiger partial charge < -0.3 is 15.2 Å². The first-order chi connectivity index (χ1) is 7.81. The van der Waals surface area contributed by atoms with Crippen LogP contribution in [0.2, 0.25) is 0 Å². The molecule has 94 valence electrons. The van der Waals surface area contributed by atoms with Crippen LogP contribution >= 0.6 is 0 Å². The number of ether oxygens (including phenoxy) is 2. The molecule has 1 aliphatic carbocycles. The van der Waals surface area contributed by atoms with Gasteiger partial charge in [-0.2, -0.15) is 0 Å². The summed E-state index contributed by atoms with van der Waals surface area (Å²) in [6.07, 6.45) is 7.96. The summed E-state index contributed by atoms with van der Waals surface area (Å²) in [5, 5.41) is 0. The van der Waals surface area contributed by atoms with Gasteiger partial charge in [-0.25, -0.2) is 0 Å². The lowest BCUT2D eigenvalue weighted by Crippen LogP contribution is -2.39. The maximum atomic E-state index is 6.24. The summed E-state index contributed by atoms with van der Waals surface area (Å²) in [5.74, 6) is 0.736. The van der Waals surface area contributed by atoms with Crippen molar-refractivity contribution in [2.45, 2.75) is 63.7 Å². The Morgan fingerprint density at radius 1 is 1.38 bits per heavy atom. The fourth-order valence-electron chi connectivity index (χ4n) is 2.64. The van der Waals surface area contributed by atoms with Gasteiger partial charge in [0.1, 0.15) is 0 Å². The summed E-state index contributed by atoms with van der Waals surface area (Å²) in [6.45, 7) is 3.79. The molecule has 0 amide bonds. The van der Waals surface area contributed by atoms with Crippen molar-refractivity contribution in [1.82, 2.24) is 0 Å².